The second kappa shape index (κ2) is 3.70. The van der Waals surface area contributed by atoms with Crippen molar-refractivity contribution in [1.82, 2.24) is 0 Å². The molecule has 0 saturated carbocycles. The quantitative estimate of drug-likeness (QED) is 0.863. The van der Waals surface area contributed by atoms with Gasteiger partial charge in [0.25, 0.3) is 0 Å². The topological polar surface area (TPSA) is 44.0 Å². The number of thiophene rings is 1. The average Bonchev–Trinajstić information content (AvgIpc) is 2.52. The summed E-state index contributed by atoms with van der Waals surface area (Å²) in [5, 5.41) is 19.0. The van der Waals surface area contributed by atoms with Gasteiger partial charge in [0.05, 0.1) is 16.0 Å². The first-order chi connectivity index (χ1) is 6.77. The highest BCUT2D eigenvalue weighted by atomic mass is 79.9. The van der Waals surface area contributed by atoms with Gasteiger partial charge in [-0.1, -0.05) is 18.2 Å². The Hall–Kier alpha value is -0.890. The van der Waals surface area contributed by atoms with Crippen molar-refractivity contribution in [2.24, 2.45) is 0 Å². The van der Waals surface area contributed by atoms with Crippen LogP contribution in [0.5, 0.6) is 0 Å². The van der Waals surface area contributed by atoms with Crippen molar-refractivity contribution in [2.45, 2.75) is 6.61 Å². The lowest BCUT2D eigenvalue weighted by Gasteiger charge is -1.96. The van der Waals surface area contributed by atoms with Crippen LogP contribution in [0.1, 0.15) is 11.1 Å². The van der Waals surface area contributed by atoms with E-state index < -0.39 is 0 Å². The molecule has 0 unspecified atom stereocenters. The number of nitrogens with zero attached hydrogens (tertiary/aromatic N) is 1. The molecule has 0 saturated heterocycles. The highest BCUT2D eigenvalue weighted by Gasteiger charge is 2.11. The largest absolute Gasteiger partial charge is 0.392 e. The van der Waals surface area contributed by atoms with Crippen LogP contribution in [0.15, 0.2) is 22.0 Å². The van der Waals surface area contributed by atoms with Crippen LogP contribution >= 0.6 is 27.3 Å². The number of rotatable bonds is 1. The Bertz CT molecular complexity index is 527. The maximum Gasteiger partial charge on any atom is 0.102 e. The fourth-order valence-electron chi connectivity index (χ4n) is 1.38. The number of halogens is 1. The van der Waals surface area contributed by atoms with Gasteiger partial charge in [0.2, 0.25) is 0 Å². The average molecular weight is 268 g/mol. The van der Waals surface area contributed by atoms with E-state index in [1.54, 1.807) is 0 Å². The van der Waals surface area contributed by atoms with Gasteiger partial charge in [-0.15, -0.1) is 11.3 Å². The molecule has 70 valence electrons. The second-order valence-electron chi connectivity index (χ2n) is 2.81. The van der Waals surface area contributed by atoms with Crippen LogP contribution in [0.4, 0.5) is 0 Å². The second-order valence-corrected chi connectivity index (χ2v) is 5.15. The molecule has 1 heterocycles. The maximum absolute atomic E-state index is 9.12. The molecular formula is C10H6BrNOS. The summed E-state index contributed by atoms with van der Waals surface area (Å²) in [4.78, 5) is 0. The molecule has 2 rings (SSSR count). The van der Waals surface area contributed by atoms with E-state index in [2.05, 4.69) is 22.0 Å². The van der Waals surface area contributed by atoms with E-state index >= 15 is 0 Å². The van der Waals surface area contributed by atoms with E-state index in [-0.39, 0.29) is 6.61 Å². The summed E-state index contributed by atoms with van der Waals surface area (Å²) in [6.45, 7) is 0.00909. The zero-order chi connectivity index (χ0) is 10.1. The van der Waals surface area contributed by atoms with Gasteiger partial charge in [-0.25, -0.2) is 0 Å². The third-order valence-electron chi connectivity index (χ3n) is 2.04. The number of fused-ring (bicyclic) bond motifs is 1. The third-order valence-corrected chi connectivity index (χ3v) is 3.99. The van der Waals surface area contributed by atoms with Crippen molar-refractivity contribution in [3.8, 4) is 6.07 Å². The van der Waals surface area contributed by atoms with E-state index in [1.807, 2.05) is 18.2 Å². The number of aliphatic hydroxyl groups is 1. The van der Waals surface area contributed by atoms with Crippen molar-refractivity contribution >= 4 is 37.4 Å². The van der Waals surface area contributed by atoms with E-state index in [4.69, 9.17) is 10.4 Å². The monoisotopic (exact) mass is 267 g/mol. The minimum Gasteiger partial charge on any atom is -0.392 e. The SMILES string of the molecule is N#Cc1c(Br)sc2c(CO)cccc12. The lowest BCUT2D eigenvalue weighted by molar-refractivity contribution is 0.283. The molecule has 0 fully saturated rings. The van der Waals surface area contributed by atoms with Crippen LogP contribution < -0.4 is 0 Å². The fraction of sp³-hybridized carbons (Fsp3) is 0.100. The van der Waals surface area contributed by atoms with Gasteiger partial charge in [0.15, 0.2) is 0 Å². The molecule has 0 aliphatic rings. The van der Waals surface area contributed by atoms with Crippen molar-refractivity contribution in [3.63, 3.8) is 0 Å². The molecule has 14 heavy (non-hydrogen) atoms. The molecule has 1 aromatic carbocycles. The minimum absolute atomic E-state index is 0.00909. The van der Waals surface area contributed by atoms with Crippen molar-refractivity contribution in [1.29, 1.82) is 5.26 Å². The number of benzene rings is 1. The fourth-order valence-corrected chi connectivity index (χ4v) is 3.15. The van der Waals surface area contributed by atoms with Crippen molar-refractivity contribution in [3.05, 3.63) is 33.1 Å². The van der Waals surface area contributed by atoms with Crippen molar-refractivity contribution in [2.75, 3.05) is 0 Å². The molecule has 0 aliphatic carbocycles. The highest BCUT2D eigenvalue weighted by Crippen LogP contribution is 2.36. The predicted molar refractivity (Wildman–Crippen MR) is 60.2 cm³/mol. The molecule has 0 amide bonds. The summed E-state index contributed by atoms with van der Waals surface area (Å²) in [6, 6.07) is 7.77. The van der Waals surface area contributed by atoms with Gasteiger partial charge >= 0.3 is 0 Å². The molecule has 0 bridgehead atoms. The molecule has 2 aromatic rings. The van der Waals surface area contributed by atoms with Gasteiger partial charge in [0, 0.05) is 10.1 Å². The molecule has 0 radical (unpaired) electrons. The van der Waals surface area contributed by atoms with Crippen LogP contribution in [0.3, 0.4) is 0 Å². The van der Waals surface area contributed by atoms with Crippen LogP contribution in [-0.4, -0.2) is 5.11 Å². The third kappa shape index (κ3) is 1.34. The Balaban J connectivity index is 2.87. The Kier molecular flexibility index (Phi) is 2.55. The Morgan fingerprint density at radius 1 is 1.50 bits per heavy atom. The van der Waals surface area contributed by atoms with E-state index in [1.165, 1.54) is 11.3 Å². The molecule has 1 N–H and O–H groups in total. The van der Waals surface area contributed by atoms with Crippen LogP contribution in [0.2, 0.25) is 0 Å². The molecule has 0 atom stereocenters. The van der Waals surface area contributed by atoms with Crippen LogP contribution in [0, 0.1) is 11.3 Å². The van der Waals surface area contributed by atoms with E-state index in [0.29, 0.717) is 5.56 Å². The van der Waals surface area contributed by atoms with E-state index in [0.717, 1.165) is 19.4 Å². The highest BCUT2D eigenvalue weighted by molar-refractivity contribution is 9.11. The van der Waals surface area contributed by atoms with Gasteiger partial charge in [0.1, 0.15) is 6.07 Å². The van der Waals surface area contributed by atoms with Crippen LogP contribution in [-0.2, 0) is 6.61 Å². The lowest BCUT2D eigenvalue weighted by atomic mass is 10.1. The molecular weight excluding hydrogens is 262 g/mol. The normalized spacial score (nSPS) is 10.4. The first kappa shape index (κ1) is 9.66. The summed E-state index contributed by atoms with van der Waals surface area (Å²) >= 11 is 4.84. The number of nitriles is 1. The maximum atomic E-state index is 9.12. The standard InChI is InChI=1S/C10H6BrNOS/c11-10-8(4-12)7-3-1-2-6(5-13)9(7)14-10/h1-3,13H,5H2. The smallest absolute Gasteiger partial charge is 0.102 e. The number of aliphatic hydroxyl groups excluding tert-OH is 1. The molecule has 0 spiro atoms. The minimum atomic E-state index is 0.00909. The summed E-state index contributed by atoms with van der Waals surface area (Å²) in [7, 11) is 0. The zero-order valence-corrected chi connectivity index (χ0v) is 9.52. The molecule has 2 nitrogen and oxygen atoms in total. The summed E-state index contributed by atoms with van der Waals surface area (Å²) in [5.41, 5.74) is 1.52. The molecule has 4 heteroatoms. The zero-order valence-electron chi connectivity index (χ0n) is 7.12. The number of hydrogen-bond acceptors (Lipinski definition) is 3. The first-order valence-electron chi connectivity index (χ1n) is 3.98. The Morgan fingerprint density at radius 3 is 2.93 bits per heavy atom. The predicted octanol–water partition coefficient (Wildman–Crippen LogP) is 3.03. The van der Waals surface area contributed by atoms with E-state index in [9.17, 15) is 0 Å². The molecule has 0 aliphatic heterocycles. The summed E-state index contributed by atoms with van der Waals surface area (Å²) in [6.07, 6.45) is 0. The first-order valence-corrected chi connectivity index (χ1v) is 5.59. The van der Waals surface area contributed by atoms with Gasteiger partial charge in [-0.3, -0.25) is 0 Å². The number of hydrogen-bond donors (Lipinski definition) is 1. The van der Waals surface area contributed by atoms with Gasteiger partial charge in [-0.2, -0.15) is 5.26 Å². The van der Waals surface area contributed by atoms with Gasteiger partial charge in [-0.05, 0) is 21.5 Å². The van der Waals surface area contributed by atoms with Crippen LogP contribution in [0.25, 0.3) is 10.1 Å². The summed E-state index contributed by atoms with van der Waals surface area (Å²) in [5.74, 6) is 0. The Labute approximate surface area is 93.5 Å². The summed E-state index contributed by atoms with van der Waals surface area (Å²) < 4.78 is 1.81. The van der Waals surface area contributed by atoms with Gasteiger partial charge < -0.3 is 5.11 Å². The lowest BCUT2D eigenvalue weighted by Crippen LogP contribution is -1.81. The Morgan fingerprint density at radius 2 is 2.29 bits per heavy atom. The van der Waals surface area contributed by atoms with Crippen molar-refractivity contribution < 1.29 is 5.11 Å². The molecule has 1 aromatic heterocycles.